The highest BCUT2D eigenvalue weighted by Gasteiger charge is 2.30. The van der Waals surface area contributed by atoms with Crippen LogP contribution >= 0.6 is 0 Å². The van der Waals surface area contributed by atoms with Crippen LogP contribution in [-0.4, -0.2) is 41.0 Å². The summed E-state index contributed by atoms with van der Waals surface area (Å²) in [4.78, 5) is 24.3. The van der Waals surface area contributed by atoms with Gasteiger partial charge in [0, 0.05) is 17.7 Å². The molecule has 1 heterocycles. The summed E-state index contributed by atoms with van der Waals surface area (Å²) in [7, 11) is 0. The largest absolute Gasteiger partial charge is 0.377 e. The second-order valence-electron chi connectivity index (χ2n) is 4.75. The number of carbonyl (C=O) groups is 1. The number of nitro groups is 1. The van der Waals surface area contributed by atoms with Gasteiger partial charge < -0.3 is 9.64 Å². The maximum Gasteiger partial charge on any atom is 0.269 e. The fraction of sp³-hybridized carbons (Fsp3) is 0.462. The standard InChI is InChI=1S/C13H16N2O4/c1-9-7-19-8-10(2)14(9)13(16)11-3-5-12(6-4-11)15(17)18/h3-6,9-10H,7-8H2,1-2H3/t9-,10+. The molecule has 6 nitrogen and oxygen atoms in total. The average Bonchev–Trinajstić information content (AvgIpc) is 2.38. The van der Waals surface area contributed by atoms with Crippen molar-refractivity contribution in [3.05, 3.63) is 39.9 Å². The Hall–Kier alpha value is -1.95. The van der Waals surface area contributed by atoms with E-state index in [0.29, 0.717) is 18.8 Å². The first kappa shape index (κ1) is 13.5. The molecule has 6 heteroatoms. The summed E-state index contributed by atoms with van der Waals surface area (Å²) in [5, 5.41) is 10.6. The zero-order valence-corrected chi connectivity index (χ0v) is 10.9. The van der Waals surface area contributed by atoms with Crippen molar-refractivity contribution >= 4 is 11.6 Å². The van der Waals surface area contributed by atoms with Crippen LogP contribution in [-0.2, 0) is 4.74 Å². The van der Waals surface area contributed by atoms with Crippen molar-refractivity contribution in [1.29, 1.82) is 0 Å². The number of nitro benzene ring substituents is 1. The number of hydrogen-bond acceptors (Lipinski definition) is 4. The molecule has 0 unspecified atom stereocenters. The van der Waals surface area contributed by atoms with E-state index >= 15 is 0 Å². The van der Waals surface area contributed by atoms with E-state index < -0.39 is 4.92 Å². The molecule has 0 spiro atoms. The maximum atomic E-state index is 12.4. The molecular formula is C13H16N2O4. The number of ether oxygens (including phenoxy) is 1. The summed E-state index contributed by atoms with van der Waals surface area (Å²) in [5.74, 6) is -0.113. The molecule has 1 amide bonds. The molecule has 0 bridgehead atoms. The number of benzene rings is 1. The van der Waals surface area contributed by atoms with E-state index in [-0.39, 0.29) is 23.7 Å². The van der Waals surface area contributed by atoms with Crippen LogP contribution in [0.1, 0.15) is 24.2 Å². The van der Waals surface area contributed by atoms with Crippen molar-refractivity contribution in [3.63, 3.8) is 0 Å². The fourth-order valence-corrected chi connectivity index (χ4v) is 2.28. The minimum absolute atomic E-state index is 0.00596. The smallest absolute Gasteiger partial charge is 0.269 e. The highest BCUT2D eigenvalue weighted by atomic mass is 16.6. The van der Waals surface area contributed by atoms with Gasteiger partial charge in [0.2, 0.25) is 0 Å². The van der Waals surface area contributed by atoms with E-state index in [4.69, 9.17) is 4.74 Å². The van der Waals surface area contributed by atoms with Gasteiger partial charge >= 0.3 is 0 Å². The predicted molar refractivity (Wildman–Crippen MR) is 69.0 cm³/mol. The second-order valence-corrected chi connectivity index (χ2v) is 4.75. The molecule has 2 rings (SSSR count). The molecule has 0 aliphatic carbocycles. The number of hydrogen-bond donors (Lipinski definition) is 0. The molecule has 1 saturated heterocycles. The van der Waals surface area contributed by atoms with Gasteiger partial charge in [-0.1, -0.05) is 0 Å². The Balaban J connectivity index is 2.20. The molecule has 0 saturated carbocycles. The maximum absolute atomic E-state index is 12.4. The minimum atomic E-state index is -0.478. The van der Waals surface area contributed by atoms with Crippen molar-refractivity contribution in [1.82, 2.24) is 4.90 Å². The predicted octanol–water partition coefficient (Wildman–Crippen LogP) is 1.84. The van der Waals surface area contributed by atoms with E-state index in [0.717, 1.165) is 0 Å². The lowest BCUT2D eigenvalue weighted by atomic mass is 10.1. The Bertz CT molecular complexity index is 476. The Morgan fingerprint density at radius 1 is 1.26 bits per heavy atom. The third kappa shape index (κ3) is 2.73. The SMILES string of the molecule is C[C@@H]1COC[C@H](C)N1C(=O)c1ccc([N+](=O)[O-])cc1. The van der Waals surface area contributed by atoms with Gasteiger partial charge in [-0.2, -0.15) is 0 Å². The van der Waals surface area contributed by atoms with E-state index in [1.165, 1.54) is 24.3 Å². The van der Waals surface area contributed by atoms with Crippen LogP contribution in [0.5, 0.6) is 0 Å². The number of nitrogens with zero attached hydrogens (tertiary/aromatic N) is 2. The number of non-ortho nitro benzene ring substituents is 1. The zero-order valence-electron chi connectivity index (χ0n) is 10.9. The number of carbonyl (C=O) groups excluding carboxylic acids is 1. The highest BCUT2D eigenvalue weighted by Crippen LogP contribution is 2.19. The summed E-state index contributed by atoms with van der Waals surface area (Å²) in [5.41, 5.74) is 0.450. The fourth-order valence-electron chi connectivity index (χ4n) is 2.28. The van der Waals surface area contributed by atoms with Crippen molar-refractivity contribution in [2.75, 3.05) is 13.2 Å². The van der Waals surface area contributed by atoms with E-state index in [1.807, 2.05) is 13.8 Å². The van der Waals surface area contributed by atoms with E-state index in [9.17, 15) is 14.9 Å². The molecule has 0 N–H and O–H groups in total. The van der Waals surface area contributed by atoms with Gasteiger partial charge in [0.15, 0.2) is 0 Å². The molecule has 19 heavy (non-hydrogen) atoms. The average molecular weight is 264 g/mol. The quantitative estimate of drug-likeness (QED) is 0.603. The Kier molecular flexibility index (Phi) is 3.80. The molecule has 1 fully saturated rings. The van der Waals surface area contributed by atoms with Crippen molar-refractivity contribution in [2.45, 2.75) is 25.9 Å². The molecule has 102 valence electrons. The lowest BCUT2D eigenvalue weighted by molar-refractivity contribution is -0.384. The van der Waals surface area contributed by atoms with Crippen LogP contribution < -0.4 is 0 Å². The molecule has 0 radical (unpaired) electrons. The highest BCUT2D eigenvalue weighted by molar-refractivity contribution is 5.94. The van der Waals surface area contributed by atoms with Crippen molar-refractivity contribution in [2.24, 2.45) is 0 Å². The summed E-state index contributed by atoms with van der Waals surface area (Å²) in [6.07, 6.45) is 0. The van der Waals surface area contributed by atoms with E-state index in [1.54, 1.807) is 4.90 Å². The Morgan fingerprint density at radius 3 is 2.26 bits per heavy atom. The van der Waals surface area contributed by atoms with Crippen molar-refractivity contribution < 1.29 is 14.5 Å². The first-order valence-electron chi connectivity index (χ1n) is 6.15. The van der Waals surface area contributed by atoms with Crippen LogP contribution in [0.4, 0.5) is 5.69 Å². The Labute approximate surface area is 111 Å². The molecule has 1 aliphatic heterocycles. The normalized spacial score (nSPS) is 23.2. The van der Waals surface area contributed by atoms with Gasteiger partial charge in [-0.3, -0.25) is 14.9 Å². The van der Waals surface area contributed by atoms with Crippen LogP contribution in [0, 0.1) is 10.1 Å². The summed E-state index contributed by atoms with van der Waals surface area (Å²) in [6, 6.07) is 5.70. The number of amides is 1. The molecule has 1 aromatic carbocycles. The van der Waals surface area contributed by atoms with Gasteiger partial charge in [0.25, 0.3) is 11.6 Å². The molecular weight excluding hydrogens is 248 g/mol. The lowest BCUT2D eigenvalue weighted by Gasteiger charge is -2.38. The van der Waals surface area contributed by atoms with E-state index in [2.05, 4.69) is 0 Å². The van der Waals surface area contributed by atoms with Gasteiger partial charge in [-0.15, -0.1) is 0 Å². The summed E-state index contributed by atoms with van der Waals surface area (Å²) in [6.45, 7) is 4.89. The van der Waals surface area contributed by atoms with Crippen LogP contribution in [0.25, 0.3) is 0 Å². The van der Waals surface area contributed by atoms with Gasteiger partial charge in [0.05, 0.1) is 30.2 Å². The zero-order chi connectivity index (χ0) is 14.0. The van der Waals surface area contributed by atoms with Gasteiger partial charge in [0.1, 0.15) is 0 Å². The summed E-state index contributed by atoms with van der Waals surface area (Å²) >= 11 is 0. The van der Waals surface area contributed by atoms with Gasteiger partial charge in [-0.05, 0) is 26.0 Å². The summed E-state index contributed by atoms with van der Waals surface area (Å²) < 4.78 is 5.38. The number of rotatable bonds is 2. The third-order valence-corrected chi connectivity index (χ3v) is 3.23. The molecule has 2 atom stereocenters. The third-order valence-electron chi connectivity index (χ3n) is 3.23. The van der Waals surface area contributed by atoms with Crippen LogP contribution in [0.15, 0.2) is 24.3 Å². The van der Waals surface area contributed by atoms with Gasteiger partial charge in [-0.25, -0.2) is 0 Å². The van der Waals surface area contributed by atoms with Crippen LogP contribution in [0.3, 0.4) is 0 Å². The van der Waals surface area contributed by atoms with Crippen molar-refractivity contribution in [3.8, 4) is 0 Å². The molecule has 1 aromatic rings. The second kappa shape index (κ2) is 5.36. The molecule has 1 aliphatic rings. The lowest BCUT2D eigenvalue weighted by Crippen LogP contribution is -2.52. The monoisotopic (exact) mass is 264 g/mol. The number of morpholine rings is 1. The first-order valence-corrected chi connectivity index (χ1v) is 6.15. The topological polar surface area (TPSA) is 72.7 Å². The molecule has 0 aromatic heterocycles. The minimum Gasteiger partial charge on any atom is -0.377 e. The van der Waals surface area contributed by atoms with Crippen LogP contribution in [0.2, 0.25) is 0 Å². The Morgan fingerprint density at radius 2 is 1.79 bits per heavy atom. The first-order chi connectivity index (χ1) is 9.00.